The summed E-state index contributed by atoms with van der Waals surface area (Å²) >= 11 is 5.88. The van der Waals surface area contributed by atoms with Gasteiger partial charge in [0.1, 0.15) is 4.90 Å². The molecule has 0 saturated heterocycles. The van der Waals surface area contributed by atoms with Crippen LogP contribution in [0, 0.1) is 0 Å². The van der Waals surface area contributed by atoms with Crippen molar-refractivity contribution in [1.82, 2.24) is 4.72 Å². The van der Waals surface area contributed by atoms with Gasteiger partial charge < -0.3 is 0 Å². The Morgan fingerprint density at radius 2 is 1.61 bits per heavy atom. The Labute approximate surface area is 141 Å². The lowest BCUT2D eigenvalue weighted by molar-refractivity contribution is 0.574. The molecular formula is C15H16ClNO4S2. The second kappa shape index (κ2) is 7.00. The Bertz CT molecular complexity index is 909. The van der Waals surface area contributed by atoms with E-state index in [0.717, 1.165) is 11.8 Å². The van der Waals surface area contributed by atoms with Crippen LogP contribution in [-0.4, -0.2) is 29.6 Å². The molecule has 0 atom stereocenters. The van der Waals surface area contributed by atoms with Crippen LogP contribution in [-0.2, 0) is 26.3 Å². The molecule has 0 aromatic heterocycles. The van der Waals surface area contributed by atoms with E-state index >= 15 is 0 Å². The number of hydrogen-bond donors (Lipinski definition) is 1. The van der Waals surface area contributed by atoms with Crippen molar-refractivity contribution in [1.29, 1.82) is 0 Å². The molecule has 0 radical (unpaired) electrons. The van der Waals surface area contributed by atoms with Gasteiger partial charge in [-0.1, -0.05) is 35.9 Å². The van der Waals surface area contributed by atoms with E-state index in [2.05, 4.69) is 4.72 Å². The predicted octanol–water partition coefficient (Wildman–Crippen LogP) is 2.26. The zero-order valence-corrected chi connectivity index (χ0v) is 14.7. The summed E-state index contributed by atoms with van der Waals surface area (Å²) in [7, 11) is -7.55. The van der Waals surface area contributed by atoms with Gasteiger partial charge in [0.15, 0.2) is 9.84 Å². The summed E-state index contributed by atoms with van der Waals surface area (Å²) in [6, 6.07) is 12.6. The first-order valence-electron chi connectivity index (χ1n) is 6.73. The highest BCUT2D eigenvalue weighted by Gasteiger charge is 2.22. The Morgan fingerprint density at radius 3 is 2.22 bits per heavy atom. The van der Waals surface area contributed by atoms with Gasteiger partial charge in [0, 0.05) is 17.8 Å². The first-order chi connectivity index (χ1) is 10.7. The van der Waals surface area contributed by atoms with Crippen molar-refractivity contribution in [3.8, 4) is 0 Å². The van der Waals surface area contributed by atoms with Gasteiger partial charge in [0.25, 0.3) is 0 Å². The van der Waals surface area contributed by atoms with Crippen LogP contribution < -0.4 is 4.72 Å². The highest BCUT2D eigenvalue weighted by Crippen LogP contribution is 2.20. The lowest BCUT2D eigenvalue weighted by Crippen LogP contribution is -2.27. The van der Waals surface area contributed by atoms with Gasteiger partial charge in [0.2, 0.25) is 10.0 Å². The minimum absolute atomic E-state index is 0.140. The van der Waals surface area contributed by atoms with Crippen LogP contribution in [0.15, 0.2) is 58.3 Å². The van der Waals surface area contributed by atoms with Crippen molar-refractivity contribution >= 4 is 31.5 Å². The number of sulfonamides is 1. The number of halogens is 1. The standard InChI is InChI=1S/C15H16ClNO4S2/c1-22(18,19)14-7-2-3-8-15(14)23(20,21)17-10-9-12-5-4-6-13(16)11-12/h2-8,11,17H,9-10H2,1H3. The molecule has 1 N–H and O–H groups in total. The van der Waals surface area contributed by atoms with Crippen LogP contribution in [0.4, 0.5) is 0 Å². The van der Waals surface area contributed by atoms with Crippen LogP contribution >= 0.6 is 11.6 Å². The molecule has 0 bridgehead atoms. The third-order valence-corrected chi connectivity index (χ3v) is 6.17. The summed E-state index contributed by atoms with van der Waals surface area (Å²) < 4.78 is 50.6. The maximum atomic E-state index is 12.4. The second-order valence-corrected chi connectivity index (χ2v) is 9.15. The van der Waals surface area contributed by atoms with E-state index in [0.29, 0.717) is 11.4 Å². The number of nitrogens with one attached hydrogen (secondary N) is 1. The summed E-state index contributed by atoms with van der Waals surface area (Å²) in [6.07, 6.45) is 1.42. The van der Waals surface area contributed by atoms with E-state index in [1.165, 1.54) is 24.3 Å². The van der Waals surface area contributed by atoms with Gasteiger partial charge in [0.05, 0.1) is 4.90 Å². The number of benzene rings is 2. The molecule has 0 aliphatic heterocycles. The van der Waals surface area contributed by atoms with Gasteiger partial charge in [-0.3, -0.25) is 0 Å². The van der Waals surface area contributed by atoms with E-state index in [1.807, 2.05) is 6.07 Å². The van der Waals surface area contributed by atoms with Crippen molar-refractivity contribution in [2.24, 2.45) is 0 Å². The lowest BCUT2D eigenvalue weighted by atomic mass is 10.2. The monoisotopic (exact) mass is 373 g/mol. The van der Waals surface area contributed by atoms with Crippen molar-refractivity contribution in [3.05, 3.63) is 59.1 Å². The third-order valence-electron chi connectivity index (χ3n) is 3.13. The van der Waals surface area contributed by atoms with Gasteiger partial charge >= 0.3 is 0 Å². The van der Waals surface area contributed by atoms with Crippen molar-refractivity contribution < 1.29 is 16.8 Å². The molecular weight excluding hydrogens is 358 g/mol. The Hall–Kier alpha value is -1.41. The molecule has 2 rings (SSSR count). The SMILES string of the molecule is CS(=O)(=O)c1ccccc1S(=O)(=O)NCCc1cccc(Cl)c1. The maximum absolute atomic E-state index is 12.4. The van der Waals surface area contributed by atoms with Crippen molar-refractivity contribution in [3.63, 3.8) is 0 Å². The molecule has 124 valence electrons. The largest absolute Gasteiger partial charge is 0.241 e. The zero-order valence-electron chi connectivity index (χ0n) is 12.4. The van der Waals surface area contributed by atoms with Gasteiger partial charge in [-0.15, -0.1) is 0 Å². The van der Waals surface area contributed by atoms with Gasteiger partial charge in [-0.2, -0.15) is 0 Å². The van der Waals surface area contributed by atoms with Crippen LogP contribution in [0.2, 0.25) is 5.02 Å². The molecule has 0 spiro atoms. The summed E-state index contributed by atoms with van der Waals surface area (Å²) in [6.45, 7) is 0.140. The summed E-state index contributed by atoms with van der Waals surface area (Å²) in [5, 5.41) is 0.577. The normalized spacial score (nSPS) is 12.3. The highest BCUT2D eigenvalue weighted by molar-refractivity contribution is 7.93. The molecule has 0 amide bonds. The molecule has 0 heterocycles. The van der Waals surface area contributed by atoms with E-state index in [1.54, 1.807) is 18.2 Å². The Kier molecular flexibility index (Phi) is 5.46. The van der Waals surface area contributed by atoms with Crippen molar-refractivity contribution in [2.75, 3.05) is 12.8 Å². The fraction of sp³-hybridized carbons (Fsp3) is 0.200. The summed E-state index contributed by atoms with van der Waals surface area (Å²) in [5.74, 6) is 0. The highest BCUT2D eigenvalue weighted by atomic mass is 35.5. The fourth-order valence-corrected chi connectivity index (χ4v) is 4.95. The van der Waals surface area contributed by atoms with E-state index in [4.69, 9.17) is 11.6 Å². The molecule has 0 saturated carbocycles. The Balaban J connectivity index is 2.17. The van der Waals surface area contributed by atoms with Crippen LogP contribution in [0.5, 0.6) is 0 Å². The van der Waals surface area contributed by atoms with Gasteiger partial charge in [-0.05, 0) is 36.2 Å². The molecule has 8 heteroatoms. The number of sulfone groups is 1. The zero-order chi connectivity index (χ0) is 17.1. The number of rotatable bonds is 6. The van der Waals surface area contributed by atoms with Crippen LogP contribution in [0.1, 0.15) is 5.56 Å². The van der Waals surface area contributed by atoms with Crippen LogP contribution in [0.25, 0.3) is 0 Å². The molecule has 0 aliphatic rings. The lowest BCUT2D eigenvalue weighted by Gasteiger charge is -2.10. The van der Waals surface area contributed by atoms with Gasteiger partial charge in [-0.25, -0.2) is 21.6 Å². The maximum Gasteiger partial charge on any atom is 0.241 e. The molecule has 2 aromatic rings. The molecule has 0 unspecified atom stereocenters. The first-order valence-corrected chi connectivity index (χ1v) is 10.5. The summed E-state index contributed by atoms with van der Waals surface area (Å²) in [5.41, 5.74) is 0.886. The van der Waals surface area contributed by atoms with Crippen LogP contribution in [0.3, 0.4) is 0 Å². The Morgan fingerprint density at radius 1 is 0.957 bits per heavy atom. The minimum atomic E-state index is -3.92. The average molecular weight is 374 g/mol. The molecule has 5 nitrogen and oxygen atoms in total. The molecule has 2 aromatic carbocycles. The number of hydrogen-bond acceptors (Lipinski definition) is 4. The molecule has 0 fully saturated rings. The molecule has 0 aliphatic carbocycles. The summed E-state index contributed by atoms with van der Waals surface area (Å²) in [4.78, 5) is -0.455. The first kappa shape index (κ1) is 17.9. The second-order valence-electron chi connectivity index (χ2n) is 5.00. The fourth-order valence-electron chi connectivity index (χ4n) is 2.08. The minimum Gasteiger partial charge on any atom is -0.224 e. The topological polar surface area (TPSA) is 80.3 Å². The van der Waals surface area contributed by atoms with E-state index in [9.17, 15) is 16.8 Å². The van der Waals surface area contributed by atoms with E-state index in [-0.39, 0.29) is 16.3 Å². The van der Waals surface area contributed by atoms with Crippen molar-refractivity contribution in [2.45, 2.75) is 16.2 Å². The average Bonchev–Trinajstić information content (AvgIpc) is 2.46. The predicted molar refractivity (Wildman–Crippen MR) is 89.9 cm³/mol. The quantitative estimate of drug-likeness (QED) is 0.842. The smallest absolute Gasteiger partial charge is 0.224 e. The molecule has 23 heavy (non-hydrogen) atoms. The van der Waals surface area contributed by atoms with E-state index < -0.39 is 19.9 Å². The third kappa shape index (κ3) is 4.78.